The maximum absolute atomic E-state index is 11.8. The van der Waals surface area contributed by atoms with Gasteiger partial charge < -0.3 is 16.0 Å². The number of aromatic nitrogens is 2. The molecule has 0 fully saturated rings. The molecule has 0 saturated heterocycles. The molecule has 2 rings (SSSR count). The van der Waals surface area contributed by atoms with E-state index in [0.717, 1.165) is 12.1 Å². The van der Waals surface area contributed by atoms with Crippen molar-refractivity contribution < 1.29 is 4.79 Å². The summed E-state index contributed by atoms with van der Waals surface area (Å²) in [6.45, 7) is 2.65. The van der Waals surface area contributed by atoms with E-state index < -0.39 is 6.04 Å². The lowest BCUT2D eigenvalue weighted by Gasteiger charge is -2.11. The molecule has 106 valence electrons. The minimum absolute atomic E-state index is 0.133. The van der Waals surface area contributed by atoms with Crippen LogP contribution in [0.25, 0.3) is 0 Å². The van der Waals surface area contributed by atoms with Gasteiger partial charge >= 0.3 is 0 Å². The van der Waals surface area contributed by atoms with Crippen molar-refractivity contribution in [3.05, 3.63) is 53.6 Å². The van der Waals surface area contributed by atoms with E-state index >= 15 is 0 Å². The Bertz CT molecular complexity index is 534. The number of nitrogens with two attached hydrogens (primary N) is 1. The molecule has 20 heavy (non-hydrogen) atoms. The summed E-state index contributed by atoms with van der Waals surface area (Å²) in [7, 11) is 0. The van der Waals surface area contributed by atoms with Crippen LogP contribution in [0.3, 0.4) is 0 Å². The molecular formula is C15H20N4O. The van der Waals surface area contributed by atoms with Crippen LogP contribution in [0.5, 0.6) is 0 Å². The number of aromatic amines is 1. The summed E-state index contributed by atoms with van der Waals surface area (Å²) < 4.78 is 0. The van der Waals surface area contributed by atoms with Crippen LogP contribution in [0.15, 0.2) is 36.8 Å². The van der Waals surface area contributed by atoms with E-state index in [-0.39, 0.29) is 5.91 Å². The summed E-state index contributed by atoms with van der Waals surface area (Å²) in [6, 6.07) is 7.74. The van der Waals surface area contributed by atoms with Crippen molar-refractivity contribution in [3.63, 3.8) is 0 Å². The molecule has 5 nitrogen and oxygen atoms in total. The third-order valence-corrected chi connectivity index (χ3v) is 3.16. The van der Waals surface area contributed by atoms with Gasteiger partial charge in [0.15, 0.2) is 0 Å². The molecule has 0 unspecified atom stereocenters. The molecule has 1 heterocycles. The summed E-state index contributed by atoms with van der Waals surface area (Å²) >= 11 is 0. The smallest absolute Gasteiger partial charge is 0.237 e. The second kappa shape index (κ2) is 6.86. The lowest BCUT2D eigenvalue weighted by atomic mass is 10.1. The molecule has 2 aromatic rings. The maximum Gasteiger partial charge on any atom is 0.237 e. The zero-order valence-electron chi connectivity index (χ0n) is 11.6. The quantitative estimate of drug-likeness (QED) is 0.732. The number of imidazole rings is 1. The van der Waals surface area contributed by atoms with Gasteiger partial charge in [-0.3, -0.25) is 4.79 Å². The summed E-state index contributed by atoms with van der Waals surface area (Å²) in [5, 5.41) is 2.86. The molecule has 0 aliphatic rings. The molecule has 0 spiro atoms. The minimum atomic E-state index is -0.548. The third kappa shape index (κ3) is 4.20. The van der Waals surface area contributed by atoms with Gasteiger partial charge in [0.2, 0.25) is 5.91 Å². The highest BCUT2D eigenvalue weighted by Gasteiger charge is 2.13. The van der Waals surface area contributed by atoms with E-state index in [1.807, 2.05) is 0 Å². The van der Waals surface area contributed by atoms with Gasteiger partial charge in [-0.1, -0.05) is 29.8 Å². The molecule has 0 bridgehead atoms. The highest BCUT2D eigenvalue weighted by molar-refractivity contribution is 5.81. The van der Waals surface area contributed by atoms with Crippen molar-refractivity contribution in [2.45, 2.75) is 25.8 Å². The molecule has 1 amide bonds. The Kier molecular flexibility index (Phi) is 4.90. The van der Waals surface area contributed by atoms with E-state index in [1.165, 1.54) is 11.1 Å². The number of hydrogen-bond acceptors (Lipinski definition) is 3. The number of rotatable bonds is 6. The first-order valence-corrected chi connectivity index (χ1v) is 6.71. The summed E-state index contributed by atoms with van der Waals surface area (Å²) in [4.78, 5) is 18.7. The fourth-order valence-electron chi connectivity index (χ4n) is 1.94. The molecule has 1 atom stereocenters. The van der Waals surface area contributed by atoms with Crippen LogP contribution >= 0.6 is 0 Å². The number of H-pyrrole nitrogens is 1. The first-order chi connectivity index (χ1) is 9.65. The van der Waals surface area contributed by atoms with Gasteiger partial charge in [-0.15, -0.1) is 0 Å². The van der Waals surface area contributed by atoms with Crippen molar-refractivity contribution in [1.82, 2.24) is 15.3 Å². The average Bonchev–Trinajstić information content (AvgIpc) is 2.93. The van der Waals surface area contributed by atoms with Crippen LogP contribution in [0.2, 0.25) is 0 Å². The SMILES string of the molecule is Cc1ccc(CCNC(=O)[C@@H](N)Cc2cnc[nH]2)cc1. The van der Waals surface area contributed by atoms with Crippen LogP contribution in [0.1, 0.15) is 16.8 Å². The molecule has 0 radical (unpaired) electrons. The second-order valence-corrected chi connectivity index (χ2v) is 4.91. The second-order valence-electron chi connectivity index (χ2n) is 4.91. The fraction of sp³-hybridized carbons (Fsp3) is 0.333. The van der Waals surface area contributed by atoms with Crippen molar-refractivity contribution in [3.8, 4) is 0 Å². The normalized spacial score (nSPS) is 12.1. The van der Waals surface area contributed by atoms with Gasteiger partial charge in [-0.2, -0.15) is 0 Å². The van der Waals surface area contributed by atoms with Crippen molar-refractivity contribution in [2.75, 3.05) is 6.54 Å². The zero-order chi connectivity index (χ0) is 14.4. The van der Waals surface area contributed by atoms with Gasteiger partial charge in [0.1, 0.15) is 0 Å². The number of carbonyl (C=O) groups is 1. The van der Waals surface area contributed by atoms with E-state index in [9.17, 15) is 4.79 Å². The maximum atomic E-state index is 11.8. The van der Waals surface area contributed by atoms with Gasteiger partial charge in [-0.05, 0) is 18.9 Å². The number of hydrogen-bond donors (Lipinski definition) is 3. The highest BCUT2D eigenvalue weighted by atomic mass is 16.2. The van der Waals surface area contributed by atoms with E-state index in [1.54, 1.807) is 12.5 Å². The third-order valence-electron chi connectivity index (χ3n) is 3.16. The van der Waals surface area contributed by atoms with Crippen LogP contribution in [-0.2, 0) is 17.6 Å². The van der Waals surface area contributed by atoms with E-state index in [4.69, 9.17) is 5.73 Å². The number of amides is 1. The topological polar surface area (TPSA) is 83.8 Å². The first-order valence-electron chi connectivity index (χ1n) is 6.71. The zero-order valence-corrected chi connectivity index (χ0v) is 11.6. The monoisotopic (exact) mass is 272 g/mol. The van der Waals surface area contributed by atoms with Gasteiger partial charge in [0.25, 0.3) is 0 Å². The number of nitrogens with one attached hydrogen (secondary N) is 2. The number of carbonyl (C=O) groups excluding carboxylic acids is 1. The Morgan fingerprint density at radius 1 is 1.40 bits per heavy atom. The molecule has 0 saturated carbocycles. The lowest BCUT2D eigenvalue weighted by Crippen LogP contribution is -2.42. The first kappa shape index (κ1) is 14.3. The number of aryl methyl sites for hydroxylation is 1. The largest absolute Gasteiger partial charge is 0.354 e. The van der Waals surface area contributed by atoms with Crippen LogP contribution in [0.4, 0.5) is 0 Å². The summed E-state index contributed by atoms with van der Waals surface area (Å²) in [5.74, 6) is -0.133. The molecule has 1 aromatic carbocycles. The number of benzene rings is 1. The Labute approximate surface area is 118 Å². The highest BCUT2D eigenvalue weighted by Crippen LogP contribution is 2.03. The summed E-state index contributed by atoms with van der Waals surface area (Å²) in [5.41, 5.74) is 9.16. The summed E-state index contributed by atoms with van der Waals surface area (Å²) in [6.07, 6.45) is 4.54. The molecule has 0 aliphatic heterocycles. The van der Waals surface area contributed by atoms with E-state index in [0.29, 0.717) is 13.0 Å². The Morgan fingerprint density at radius 3 is 2.80 bits per heavy atom. The van der Waals surface area contributed by atoms with E-state index in [2.05, 4.69) is 46.5 Å². The van der Waals surface area contributed by atoms with Gasteiger partial charge in [-0.25, -0.2) is 4.98 Å². The average molecular weight is 272 g/mol. The fourth-order valence-corrected chi connectivity index (χ4v) is 1.94. The molecule has 4 N–H and O–H groups in total. The van der Waals surface area contributed by atoms with Gasteiger partial charge in [0.05, 0.1) is 12.4 Å². The van der Waals surface area contributed by atoms with Crippen LogP contribution in [0, 0.1) is 6.92 Å². The standard InChI is InChI=1S/C15H20N4O/c1-11-2-4-12(5-3-11)6-7-18-15(20)14(16)8-13-9-17-10-19-13/h2-5,9-10,14H,6-8,16H2,1H3,(H,17,19)(H,18,20)/t14-/m0/s1. The lowest BCUT2D eigenvalue weighted by molar-refractivity contribution is -0.122. The predicted molar refractivity (Wildman–Crippen MR) is 78.2 cm³/mol. The van der Waals surface area contributed by atoms with Crippen LogP contribution in [-0.4, -0.2) is 28.5 Å². The van der Waals surface area contributed by atoms with Crippen molar-refractivity contribution in [1.29, 1.82) is 0 Å². The molecule has 5 heteroatoms. The molecule has 1 aromatic heterocycles. The number of nitrogens with zero attached hydrogens (tertiary/aromatic N) is 1. The minimum Gasteiger partial charge on any atom is -0.354 e. The van der Waals surface area contributed by atoms with Gasteiger partial charge in [0, 0.05) is 24.9 Å². The molecular weight excluding hydrogens is 252 g/mol. The van der Waals surface area contributed by atoms with Crippen molar-refractivity contribution >= 4 is 5.91 Å². The van der Waals surface area contributed by atoms with Crippen molar-refractivity contribution in [2.24, 2.45) is 5.73 Å². The predicted octanol–water partition coefficient (Wildman–Crippen LogP) is 0.947. The molecule has 0 aliphatic carbocycles. The Morgan fingerprint density at radius 2 is 2.15 bits per heavy atom. The Hall–Kier alpha value is -2.14. The van der Waals surface area contributed by atoms with Crippen LogP contribution < -0.4 is 11.1 Å². The Balaban J connectivity index is 1.73.